The van der Waals surface area contributed by atoms with Crippen molar-refractivity contribution < 1.29 is 18.1 Å². The Bertz CT molecular complexity index is 936. The lowest BCUT2D eigenvalue weighted by Crippen LogP contribution is -2.03. The minimum Gasteiger partial charge on any atom is -0.744 e. The van der Waals surface area contributed by atoms with Gasteiger partial charge in [0.15, 0.2) is 4.90 Å². The largest absolute Gasteiger partial charge is 0.744 e. The molecule has 0 aliphatic rings. The maximum atomic E-state index is 10.4. The fraction of sp³-hybridized carbons (Fsp3) is 0.143. The Balaban J connectivity index is 0.000000208. The topological polar surface area (TPSA) is 77.4 Å². The number of hydrogen-bond donors (Lipinski definition) is 1. The molecule has 3 aromatic rings. The second-order valence-electron chi connectivity index (χ2n) is 6.03. The fourth-order valence-electron chi connectivity index (χ4n) is 2.29. The molecular formula is C21H22O4S2. The number of rotatable bonds is 4. The van der Waals surface area contributed by atoms with Crippen LogP contribution in [0.1, 0.15) is 11.1 Å². The molecule has 0 spiro atoms. The van der Waals surface area contributed by atoms with Gasteiger partial charge in [-0.1, -0.05) is 48.0 Å². The summed E-state index contributed by atoms with van der Waals surface area (Å²) < 4.78 is 31.2. The zero-order chi connectivity index (χ0) is 19.9. The van der Waals surface area contributed by atoms with E-state index in [4.69, 9.17) is 0 Å². The highest BCUT2D eigenvalue weighted by Crippen LogP contribution is 2.19. The number of phenolic OH excluding ortho intramolecular Hbond substituents is 1. The summed E-state index contributed by atoms with van der Waals surface area (Å²) in [5.74, 6) is 1.39. The molecule has 0 aliphatic heterocycles. The molecule has 0 aliphatic carbocycles. The van der Waals surface area contributed by atoms with Gasteiger partial charge in [-0.15, -0.1) is 0 Å². The lowest BCUT2D eigenvalue weighted by molar-refractivity contribution is 0.463. The third-order valence-electron chi connectivity index (χ3n) is 3.77. The van der Waals surface area contributed by atoms with Crippen LogP contribution in [0.2, 0.25) is 0 Å². The van der Waals surface area contributed by atoms with Gasteiger partial charge < -0.3 is 9.66 Å². The Kier molecular flexibility index (Phi) is 7.47. The molecule has 27 heavy (non-hydrogen) atoms. The smallest absolute Gasteiger partial charge is 0.155 e. The first-order valence-corrected chi connectivity index (χ1v) is 11.4. The van der Waals surface area contributed by atoms with E-state index in [9.17, 15) is 18.1 Å². The van der Waals surface area contributed by atoms with Crippen molar-refractivity contribution in [3.8, 4) is 5.75 Å². The van der Waals surface area contributed by atoms with Gasteiger partial charge >= 0.3 is 0 Å². The average Bonchev–Trinajstić information content (AvgIpc) is 2.63. The zero-order valence-corrected chi connectivity index (χ0v) is 16.8. The normalized spacial score (nSPS) is 12.0. The molecule has 1 atom stereocenters. The van der Waals surface area contributed by atoms with Crippen LogP contribution in [0, 0.1) is 6.92 Å². The molecule has 142 valence electrons. The van der Waals surface area contributed by atoms with Crippen LogP contribution in [0.15, 0.2) is 88.7 Å². The van der Waals surface area contributed by atoms with Gasteiger partial charge in [0.25, 0.3) is 0 Å². The molecule has 4 nitrogen and oxygen atoms in total. The van der Waals surface area contributed by atoms with Gasteiger partial charge in [-0.3, -0.25) is 0 Å². The first-order valence-electron chi connectivity index (χ1n) is 8.24. The standard InChI is InChI=1S/C14H14OS.C7H8O3S/c1-16(11-12-5-3-2-4-6-12)14-9-7-13(15)8-10-14;1-6-2-4-7(5-3-6)11(8,9)10/h2-10H,11H2,1H3;2-5H,1H3,(H,8,9,10). The molecule has 3 aromatic carbocycles. The first-order chi connectivity index (χ1) is 12.8. The highest BCUT2D eigenvalue weighted by Gasteiger charge is 2.15. The minimum absolute atomic E-state index is 0.178. The van der Waals surface area contributed by atoms with Crippen molar-refractivity contribution in [1.29, 1.82) is 0 Å². The highest BCUT2D eigenvalue weighted by atomic mass is 32.2. The van der Waals surface area contributed by atoms with E-state index >= 15 is 0 Å². The van der Waals surface area contributed by atoms with Crippen molar-refractivity contribution >= 4 is 21.0 Å². The predicted molar refractivity (Wildman–Crippen MR) is 109 cm³/mol. The van der Waals surface area contributed by atoms with Crippen molar-refractivity contribution in [3.05, 3.63) is 90.0 Å². The van der Waals surface area contributed by atoms with Gasteiger partial charge in [-0.2, -0.15) is 0 Å². The van der Waals surface area contributed by atoms with Crippen LogP contribution in [0.3, 0.4) is 0 Å². The van der Waals surface area contributed by atoms with Crippen molar-refractivity contribution in [2.45, 2.75) is 22.5 Å². The molecule has 0 aromatic heterocycles. The number of benzene rings is 3. The van der Waals surface area contributed by atoms with Crippen LogP contribution in [-0.4, -0.2) is 24.3 Å². The van der Waals surface area contributed by atoms with Crippen LogP contribution < -0.4 is 0 Å². The second kappa shape index (κ2) is 9.60. The Morgan fingerprint density at radius 1 is 0.889 bits per heavy atom. The number of aryl methyl sites for hydroxylation is 1. The van der Waals surface area contributed by atoms with E-state index in [2.05, 4.69) is 30.5 Å². The van der Waals surface area contributed by atoms with Gasteiger partial charge in [0.2, 0.25) is 0 Å². The molecule has 3 rings (SSSR count). The van der Waals surface area contributed by atoms with E-state index in [0.717, 1.165) is 11.3 Å². The van der Waals surface area contributed by atoms with Crippen LogP contribution in [0.5, 0.6) is 5.75 Å². The van der Waals surface area contributed by atoms with Gasteiger partial charge in [0.1, 0.15) is 27.9 Å². The predicted octanol–water partition coefficient (Wildman–Crippen LogP) is 4.10. The molecule has 0 heterocycles. The van der Waals surface area contributed by atoms with Gasteiger partial charge in [0.05, 0.1) is 4.90 Å². The molecule has 0 saturated carbocycles. The molecule has 0 bridgehead atoms. The first kappa shape index (κ1) is 21.0. The molecule has 6 heteroatoms. The summed E-state index contributed by atoms with van der Waals surface area (Å²) in [5, 5.41) is 9.23. The quantitative estimate of drug-likeness (QED) is 0.526. The van der Waals surface area contributed by atoms with Crippen molar-refractivity contribution in [2.24, 2.45) is 0 Å². The number of aromatic hydroxyl groups is 1. The van der Waals surface area contributed by atoms with Gasteiger partial charge in [0, 0.05) is 16.5 Å². The van der Waals surface area contributed by atoms with E-state index in [0.29, 0.717) is 5.75 Å². The summed E-state index contributed by atoms with van der Waals surface area (Å²) in [4.78, 5) is 1.12. The van der Waals surface area contributed by atoms with E-state index in [1.807, 2.05) is 25.1 Å². The monoisotopic (exact) mass is 402 g/mol. The SMILES string of the molecule is C[S+](Cc1ccccc1)c1ccc(O)cc1.Cc1ccc(S(=O)(=O)[O-])cc1. The molecule has 1 unspecified atom stereocenters. The van der Waals surface area contributed by atoms with Crippen molar-refractivity contribution in [1.82, 2.24) is 0 Å². The van der Waals surface area contributed by atoms with E-state index < -0.39 is 10.1 Å². The molecule has 0 radical (unpaired) electrons. The molecule has 1 N–H and O–H groups in total. The summed E-state index contributed by atoms with van der Waals surface area (Å²) >= 11 is 0. The minimum atomic E-state index is -4.27. The van der Waals surface area contributed by atoms with Crippen LogP contribution in [0.4, 0.5) is 0 Å². The maximum absolute atomic E-state index is 10.4. The average molecular weight is 403 g/mol. The molecular weight excluding hydrogens is 380 g/mol. The van der Waals surface area contributed by atoms with Crippen molar-refractivity contribution in [2.75, 3.05) is 6.26 Å². The summed E-state index contributed by atoms with van der Waals surface area (Å²) in [6.45, 7) is 1.82. The Hall–Kier alpha value is -2.28. The Labute approximate surface area is 163 Å². The van der Waals surface area contributed by atoms with E-state index in [1.54, 1.807) is 24.3 Å². The van der Waals surface area contributed by atoms with E-state index in [-0.39, 0.29) is 15.8 Å². The third-order valence-corrected chi connectivity index (χ3v) is 6.47. The van der Waals surface area contributed by atoms with Gasteiger partial charge in [-0.05, 0) is 43.3 Å². The van der Waals surface area contributed by atoms with E-state index in [1.165, 1.54) is 22.6 Å². The third kappa shape index (κ3) is 7.09. The number of phenols is 1. The van der Waals surface area contributed by atoms with Crippen molar-refractivity contribution in [3.63, 3.8) is 0 Å². The zero-order valence-electron chi connectivity index (χ0n) is 15.2. The fourth-order valence-corrected chi connectivity index (χ4v) is 4.22. The van der Waals surface area contributed by atoms with Crippen LogP contribution in [-0.2, 0) is 26.8 Å². The summed E-state index contributed by atoms with van der Waals surface area (Å²) in [6, 6.07) is 23.8. The number of hydrogen-bond acceptors (Lipinski definition) is 4. The van der Waals surface area contributed by atoms with Crippen LogP contribution in [0.25, 0.3) is 0 Å². The summed E-state index contributed by atoms with van der Waals surface area (Å²) in [7, 11) is -4.07. The second-order valence-corrected chi connectivity index (χ2v) is 9.44. The highest BCUT2D eigenvalue weighted by molar-refractivity contribution is 7.95. The molecule has 0 saturated heterocycles. The Morgan fingerprint density at radius 2 is 1.44 bits per heavy atom. The molecule has 0 fully saturated rings. The van der Waals surface area contributed by atoms with Gasteiger partial charge in [-0.25, -0.2) is 8.42 Å². The van der Waals surface area contributed by atoms with Crippen LogP contribution >= 0.6 is 0 Å². The Morgan fingerprint density at radius 3 is 1.96 bits per heavy atom. The maximum Gasteiger partial charge on any atom is 0.155 e. The summed E-state index contributed by atoms with van der Waals surface area (Å²) in [5.41, 5.74) is 2.29. The molecule has 0 amide bonds. The summed E-state index contributed by atoms with van der Waals surface area (Å²) in [6.07, 6.45) is 2.24. The lowest BCUT2D eigenvalue weighted by atomic mass is 10.2. The lowest BCUT2D eigenvalue weighted by Gasteiger charge is -2.05.